The van der Waals surface area contributed by atoms with Gasteiger partial charge in [0.15, 0.2) is 16.7 Å². The molecule has 6 nitrogen and oxygen atoms in total. The van der Waals surface area contributed by atoms with E-state index in [2.05, 4.69) is 31.4 Å². The van der Waals surface area contributed by atoms with Gasteiger partial charge in [-0.3, -0.25) is 4.79 Å². The van der Waals surface area contributed by atoms with E-state index in [1.165, 1.54) is 11.8 Å². The van der Waals surface area contributed by atoms with Crippen LogP contribution in [-0.4, -0.2) is 30.2 Å². The van der Waals surface area contributed by atoms with Gasteiger partial charge in [0.25, 0.3) is 0 Å². The first-order valence-corrected chi connectivity index (χ1v) is 10.5. The minimum atomic E-state index is -0.0795. The number of carbonyl (C=O) groups is 1. The van der Waals surface area contributed by atoms with E-state index >= 15 is 0 Å². The monoisotopic (exact) mass is 501 g/mol. The first-order valence-electron chi connectivity index (χ1n) is 7.94. The number of amidine groups is 1. The Labute approximate surface area is 184 Å². The highest BCUT2D eigenvalue weighted by Gasteiger charge is 2.16. The van der Waals surface area contributed by atoms with Crippen LogP contribution in [0.3, 0.4) is 0 Å². The number of halogens is 3. The quantitative estimate of drug-likeness (QED) is 0.450. The molecule has 0 aromatic heterocycles. The number of amides is 1. The Morgan fingerprint density at radius 3 is 2.79 bits per heavy atom. The highest BCUT2D eigenvalue weighted by atomic mass is 79.9. The Balaban J connectivity index is 1.74. The Kier molecular flexibility index (Phi) is 7.23. The normalized spacial score (nSPS) is 15.3. The Bertz CT molecular complexity index is 969. The van der Waals surface area contributed by atoms with Gasteiger partial charge in [0.1, 0.15) is 6.61 Å². The summed E-state index contributed by atoms with van der Waals surface area (Å²) in [6.45, 7) is 0.261. The van der Waals surface area contributed by atoms with Gasteiger partial charge in [-0.1, -0.05) is 41.0 Å². The molecule has 2 aromatic rings. The van der Waals surface area contributed by atoms with Gasteiger partial charge in [0, 0.05) is 25.6 Å². The molecule has 1 N–H and O–H groups in total. The maximum absolute atomic E-state index is 11.1. The molecule has 0 spiro atoms. The number of nitrogens with one attached hydrogen (secondary N) is 1. The summed E-state index contributed by atoms with van der Waals surface area (Å²) in [6, 6.07) is 8.79. The lowest BCUT2D eigenvalue weighted by Gasteiger charge is -2.13. The van der Waals surface area contributed by atoms with Crippen molar-refractivity contribution < 1.29 is 14.3 Å². The molecule has 0 aliphatic carbocycles. The second-order valence-corrected chi connectivity index (χ2v) is 8.20. The number of thioether (sulfide) groups is 1. The molecule has 0 bridgehead atoms. The summed E-state index contributed by atoms with van der Waals surface area (Å²) < 4.78 is 12.0. The van der Waals surface area contributed by atoms with E-state index < -0.39 is 0 Å². The van der Waals surface area contributed by atoms with E-state index in [4.69, 9.17) is 32.7 Å². The molecule has 1 saturated heterocycles. The largest absolute Gasteiger partial charge is 0.493 e. The molecule has 146 valence electrons. The average Bonchev–Trinajstić information content (AvgIpc) is 3.07. The van der Waals surface area contributed by atoms with Crippen LogP contribution in [0.1, 0.15) is 11.1 Å². The second kappa shape index (κ2) is 9.65. The highest BCUT2D eigenvalue weighted by Crippen LogP contribution is 2.34. The van der Waals surface area contributed by atoms with Crippen LogP contribution < -0.4 is 14.8 Å². The van der Waals surface area contributed by atoms with Crippen molar-refractivity contribution in [2.75, 3.05) is 12.9 Å². The Morgan fingerprint density at radius 2 is 2.11 bits per heavy atom. The summed E-state index contributed by atoms with van der Waals surface area (Å²) in [6.07, 6.45) is 1.56. The first-order chi connectivity index (χ1) is 13.5. The highest BCUT2D eigenvalue weighted by molar-refractivity contribution is 9.10. The molecule has 1 fully saturated rings. The van der Waals surface area contributed by atoms with E-state index in [-0.39, 0.29) is 12.5 Å². The van der Waals surface area contributed by atoms with Gasteiger partial charge >= 0.3 is 0 Å². The molecule has 0 atom stereocenters. The molecule has 0 unspecified atom stereocenters. The molecule has 2 aromatic carbocycles. The summed E-state index contributed by atoms with van der Waals surface area (Å²) in [5, 5.41) is 12.2. The fourth-order valence-corrected chi connectivity index (χ4v) is 3.76. The summed E-state index contributed by atoms with van der Waals surface area (Å²) >= 11 is 16.9. The number of hydrogen-bond donors (Lipinski definition) is 1. The van der Waals surface area contributed by atoms with E-state index in [0.717, 1.165) is 15.6 Å². The van der Waals surface area contributed by atoms with E-state index in [1.54, 1.807) is 37.6 Å². The smallest absolute Gasteiger partial charge is 0.236 e. The van der Waals surface area contributed by atoms with Crippen LogP contribution >= 0.6 is 50.9 Å². The average molecular weight is 503 g/mol. The van der Waals surface area contributed by atoms with Crippen LogP contribution in [0.4, 0.5) is 0 Å². The Hall–Kier alpha value is -1.74. The van der Waals surface area contributed by atoms with Crippen LogP contribution in [0, 0.1) is 0 Å². The lowest BCUT2D eigenvalue weighted by molar-refractivity contribution is -0.116. The second-order valence-electron chi connectivity index (χ2n) is 5.54. The molecule has 10 heteroatoms. The standard InChI is InChI=1S/C18H14BrCl2N3O3S/c1-26-15-4-11(7-22-24-18-23-17(25)9-28-18)13(19)6-16(15)27-8-10-2-3-12(20)5-14(10)21/h2-7H,8-9H2,1H3,(H,23,24,25). The number of ether oxygens (including phenoxy) is 2. The van der Waals surface area contributed by atoms with E-state index in [1.807, 2.05) is 6.07 Å². The molecule has 1 aliphatic heterocycles. The lowest BCUT2D eigenvalue weighted by Crippen LogP contribution is -2.19. The van der Waals surface area contributed by atoms with Crippen molar-refractivity contribution in [2.45, 2.75) is 6.61 Å². The molecule has 1 amide bonds. The lowest BCUT2D eigenvalue weighted by atomic mass is 10.2. The van der Waals surface area contributed by atoms with Gasteiger partial charge in [-0.25, -0.2) is 0 Å². The Morgan fingerprint density at radius 1 is 1.29 bits per heavy atom. The number of rotatable bonds is 6. The molecule has 1 heterocycles. The van der Waals surface area contributed by atoms with E-state index in [0.29, 0.717) is 32.5 Å². The third-order valence-electron chi connectivity index (χ3n) is 3.61. The third kappa shape index (κ3) is 5.41. The maximum Gasteiger partial charge on any atom is 0.236 e. The summed E-state index contributed by atoms with van der Waals surface area (Å²) in [7, 11) is 1.55. The molecule has 1 aliphatic rings. The predicted molar refractivity (Wildman–Crippen MR) is 117 cm³/mol. The zero-order valence-corrected chi connectivity index (χ0v) is 18.5. The van der Waals surface area contributed by atoms with Gasteiger partial charge in [-0.15, -0.1) is 5.10 Å². The molecule has 0 saturated carbocycles. The molecule has 28 heavy (non-hydrogen) atoms. The first kappa shape index (κ1) is 21.0. The van der Waals surface area contributed by atoms with Crippen molar-refractivity contribution in [3.63, 3.8) is 0 Å². The van der Waals surface area contributed by atoms with Crippen LogP contribution in [0.2, 0.25) is 10.0 Å². The van der Waals surface area contributed by atoms with Gasteiger partial charge in [-0.2, -0.15) is 5.10 Å². The minimum absolute atomic E-state index is 0.0795. The van der Waals surface area contributed by atoms with Crippen molar-refractivity contribution in [2.24, 2.45) is 10.2 Å². The third-order valence-corrected chi connectivity index (χ3v) is 5.75. The molecule has 0 radical (unpaired) electrons. The number of nitrogens with zero attached hydrogens (tertiary/aromatic N) is 2. The van der Waals surface area contributed by atoms with Gasteiger partial charge in [0.2, 0.25) is 5.91 Å². The fourth-order valence-electron chi connectivity index (χ4n) is 2.24. The number of carbonyl (C=O) groups excluding carboxylic acids is 1. The van der Waals surface area contributed by atoms with E-state index in [9.17, 15) is 4.79 Å². The molecule has 3 rings (SSSR count). The minimum Gasteiger partial charge on any atom is -0.493 e. The van der Waals surface area contributed by atoms with Crippen molar-refractivity contribution in [3.8, 4) is 11.5 Å². The number of hydrogen-bond acceptors (Lipinski definition) is 6. The van der Waals surface area contributed by atoms with Crippen molar-refractivity contribution in [3.05, 3.63) is 56.0 Å². The maximum atomic E-state index is 11.1. The topological polar surface area (TPSA) is 72.3 Å². The van der Waals surface area contributed by atoms with Crippen molar-refractivity contribution in [1.82, 2.24) is 5.32 Å². The van der Waals surface area contributed by atoms with Gasteiger partial charge < -0.3 is 14.8 Å². The zero-order chi connectivity index (χ0) is 20.1. The van der Waals surface area contributed by atoms with Crippen molar-refractivity contribution in [1.29, 1.82) is 0 Å². The number of methoxy groups -OCH3 is 1. The van der Waals surface area contributed by atoms with Crippen molar-refractivity contribution >= 4 is 68.2 Å². The SMILES string of the molecule is COc1cc(C=NN=C2NC(=O)CS2)c(Br)cc1OCc1ccc(Cl)cc1Cl. The summed E-state index contributed by atoms with van der Waals surface area (Å²) in [5.74, 6) is 1.35. The van der Waals surface area contributed by atoms with Crippen LogP contribution in [0.5, 0.6) is 11.5 Å². The summed E-state index contributed by atoms with van der Waals surface area (Å²) in [5.41, 5.74) is 1.55. The van der Waals surface area contributed by atoms with Crippen LogP contribution in [0.25, 0.3) is 0 Å². The fraction of sp³-hybridized carbons (Fsp3) is 0.167. The number of benzene rings is 2. The van der Waals surface area contributed by atoms with Gasteiger partial charge in [0.05, 0.1) is 19.1 Å². The predicted octanol–water partition coefficient (Wildman–Crippen LogP) is 4.90. The zero-order valence-electron chi connectivity index (χ0n) is 14.5. The van der Waals surface area contributed by atoms with Gasteiger partial charge in [-0.05, 0) is 40.2 Å². The van der Waals surface area contributed by atoms with Crippen LogP contribution in [-0.2, 0) is 11.4 Å². The molecular weight excluding hydrogens is 489 g/mol. The summed E-state index contributed by atoms with van der Waals surface area (Å²) in [4.78, 5) is 11.1. The molecular formula is C18H14BrCl2N3O3S. The van der Waals surface area contributed by atoms with Crippen LogP contribution in [0.15, 0.2) is 45.0 Å².